The lowest BCUT2D eigenvalue weighted by molar-refractivity contribution is -0.0650. The molecule has 0 unspecified atom stereocenters. The summed E-state index contributed by atoms with van der Waals surface area (Å²) >= 11 is 0. The van der Waals surface area contributed by atoms with Crippen LogP contribution in [0.1, 0.15) is 6.23 Å². The predicted molar refractivity (Wildman–Crippen MR) is 59.0 cm³/mol. The molecule has 0 radical (unpaired) electrons. The number of aliphatic hydroxyl groups excluding tert-OH is 3. The molecule has 3 rings (SSSR count). The zero-order valence-electron chi connectivity index (χ0n) is 9.54. The van der Waals surface area contributed by atoms with Gasteiger partial charge in [-0.1, -0.05) is 0 Å². The minimum Gasteiger partial charge on any atom is -0.394 e. The number of nitrogens with one attached hydrogen (secondary N) is 1. The Hall–Kier alpha value is -1.88. The van der Waals surface area contributed by atoms with Crippen LogP contribution in [0.25, 0.3) is 11.2 Å². The zero-order valence-corrected chi connectivity index (χ0v) is 9.54. The Labute approximate surface area is 105 Å². The second-order valence-corrected chi connectivity index (χ2v) is 4.15. The second-order valence-electron chi connectivity index (χ2n) is 4.15. The molecule has 3 heterocycles. The predicted octanol–water partition coefficient (Wildman–Crippen LogP) is -2.87. The Morgan fingerprint density at radius 1 is 1.37 bits per heavy atom. The fourth-order valence-electron chi connectivity index (χ4n) is 1.95. The lowest BCUT2D eigenvalue weighted by Crippen LogP contribution is -2.33. The molecule has 1 saturated heterocycles. The van der Waals surface area contributed by atoms with Crippen molar-refractivity contribution in [2.45, 2.75) is 24.5 Å². The molecule has 2 aromatic heterocycles. The van der Waals surface area contributed by atoms with Crippen molar-refractivity contribution < 1.29 is 20.1 Å². The first-order valence-corrected chi connectivity index (χ1v) is 5.54. The van der Waals surface area contributed by atoms with Crippen LogP contribution in [0.4, 0.5) is 0 Å². The molecule has 10 nitrogen and oxygen atoms in total. The molecule has 1 fully saturated rings. The van der Waals surface area contributed by atoms with Gasteiger partial charge in [0.2, 0.25) is 5.65 Å². The smallest absolute Gasteiger partial charge is 0.280 e. The molecule has 0 aliphatic carbocycles. The Kier molecular flexibility index (Phi) is 2.78. The molecule has 10 heteroatoms. The van der Waals surface area contributed by atoms with Gasteiger partial charge in [-0.15, -0.1) is 15.0 Å². The van der Waals surface area contributed by atoms with E-state index in [2.05, 4.69) is 20.2 Å². The first-order chi connectivity index (χ1) is 9.11. The summed E-state index contributed by atoms with van der Waals surface area (Å²) in [5.41, 5.74) is -0.371. The van der Waals surface area contributed by atoms with Crippen molar-refractivity contribution in [1.29, 1.82) is 0 Å². The van der Waals surface area contributed by atoms with Crippen LogP contribution in [0.2, 0.25) is 0 Å². The number of ether oxygens (including phenoxy) is 1. The minimum absolute atomic E-state index is 0.000221. The number of nitrogens with zero attached hydrogens (tertiary/aromatic N) is 4. The number of rotatable bonds is 2. The molecule has 0 saturated carbocycles. The third-order valence-corrected chi connectivity index (χ3v) is 2.95. The van der Waals surface area contributed by atoms with E-state index in [0.29, 0.717) is 0 Å². The summed E-state index contributed by atoms with van der Waals surface area (Å²) in [6, 6.07) is 0. The average Bonchev–Trinajstić information content (AvgIpc) is 2.94. The highest BCUT2D eigenvalue weighted by molar-refractivity contribution is 5.66. The van der Waals surface area contributed by atoms with Crippen molar-refractivity contribution >= 4 is 11.2 Å². The number of H-pyrrole nitrogens is 1. The Morgan fingerprint density at radius 2 is 2.16 bits per heavy atom. The van der Waals surface area contributed by atoms with Crippen LogP contribution in [0.15, 0.2) is 11.1 Å². The maximum absolute atomic E-state index is 11.5. The summed E-state index contributed by atoms with van der Waals surface area (Å²) in [6.45, 7) is -0.450. The minimum atomic E-state index is -1.31. The van der Waals surface area contributed by atoms with E-state index >= 15 is 0 Å². The fourth-order valence-corrected chi connectivity index (χ4v) is 1.95. The van der Waals surface area contributed by atoms with Gasteiger partial charge in [0.15, 0.2) is 11.7 Å². The van der Waals surface area contributed by atoms with E-state index in [1.54, 1.807) is 0 Å². The molecule has 0 bridgehead atoms. The fraction of sp³-hybridized carbons (Fsp3) is 0.556. The molecule has 4 N–H and O–H groups in total. The molecule has 2 aromatic rings. The number of aromatic amines is 1. The summed E-state index contributed by atoms with van der Waals surface area (Å²) in [7, 11) is 0. The normalized spacial score (nSPS) is 31.1. The van der Waals surface area contributed by atoms with Gasteiger partial charge >= 0.3 is 0 Å². The zero-order chi connectivity index (χ0) is 13.6. The van der Waals surface area contributed by atoms with Gasteiger partial charge in [0.25, 0.3) is 5.56 Å². The van der Waals surface area contributed by atoms with E-state index in [4.69, 9.17) is 9.84 Å². The van der Waals surface area contributed by atoms with Gasteiger partial charge < -0.3 is 25.0 Å². The van der Waals surface area contributed by atoms with E-state index in [-0.39, 0.29) is 11.2 Å². The van der Waals surface area contributed by atoms with E-state index in [0.717, 1.165) is 4.80 Å². The topological polar surface area (TPSA) is 146 Å². The van der Waals surface area contributed by atoms with Gasteiger partial charge in [-0.3, -0.25) is 4.79 Å². The molecule has 1 aliphatic heterocycles. The van der Waals surface area contributed by atoms with E-state index in [1.807, 2.05) is 0 Å². The number of aliphatic hydroxyl groups is 3. The maximum atomic E-state index is 11.5. The summed E-state index contributed by atoms with van der Waals surface area (Å²) in [4.78, 5) is 18.6. The van der Waals surface area contributed by atoms with Crippen molar-refractivity contribution in [2.24, 2.45) is 0 Å². The average molecular weight is 269 g/mol. The second kappa shape index (κ2) is 4.35. The number of hydrogen-bond donors (Lipinski definition) is 4. The SMILES string of the molecule is O=c1[nH]cnc2nn([C@H]3O[C@@H](CO)[C@@H](O)[C@@H]3O)nc12. The van der Waals surface area contributed by atoms with Gasteiger partial charge in [-0.2, -0.15) is 0 Å². The number of hydrogen-bond acceptors (Lipinski definition) is 8. The number of aromatic nitrogens is 5. The molecule has 1 aliphatic rings. The molecule has 19 heavy (non-hydrogen) atoms. The van der Waals surface area contributed by atoms with Gasteiger partial charge in [-0.25, -0.2) is 4.98 Å². The summed E-state index contributed by atoms with van der Waals surface area (Å²) in [5.74, 6) is 0. The monoisotopic (exact) mass is 269 g/mol. The van der Waals surface area contributed by atoms with Gasteiger partial charge in [0.1, 0.15) is 18.3 Å². The van der Waals surface area contributed by atoms with Gasteiger partial charge in [-0.05, 0) is 0 Å². The van der Waals surface area contributed by atoms with Crippen LogP contribution in [0, 0.1) is 0 Å². The third-order valence-electron chi connectivity index (χ3n) is 2.95. The van der Waals surface area contributed by atoms with Crippen molar-refractivity contribution in [3.8, 4) is 0 Å². The molecule has 0 amide bonds. The maximum Gasteiger partial charge on any atom is 0.280 e. The lowest BCUT2D eigenvalue weighted by Gasteiger charge is -2.12. The van der Waals surface area contributed by atoms with Crippen LogP contribution >= 0.6 is 0 Å². The van der Waals surface area contributed by atoms with Crippen LogP contribution in [0.5, 0.6) is 0 Å². The largest absolute Gasteiger partial charge is 0.394 e. The van der Waals surface area contributed by atoms with Crippen LogP contribution in [-0.2, 0) is 4.74 Å². The summed E-state index contributed by atoms with van der Waals surface area (Å²) in [6.07, 6.45) is -3.39. The van der Waals surface area contributed by atoms with Crippen LogP contribution in [0.3, 0.4) is 0 Å². The quantitative estimate of drug-likeness (QED) is 0.455. The first kappa shape index (κ1) is 12.2. The first-order valence-electron chi connectivity index (χ1n) is 5.54. The van der Waals surface area contributed by atoms with Crippen molar-refractivity contribution in [3.63, 3.8) is 0 Å². The molecule has 102 valence electrons. The third kappa shape index (κ3) is 1.81. The molecule has 4 atom stereocenters. The van der Waals surface area contributed by atoms with E-state index in [9.17, 15) is 15.0 Å². The Bertz CT molecular complexity index is 654. The van der Waals surface area contributed by atoms with Crippen molar-refractivity contribution in [3.05, 3.63) is 16.7 Å². The standard InChI is InChI=1S/C9H11N5O5/c15-1-3-5(16)6(17)9(19-3)14-12-4-7(13-14)10-2-11-8(4)18/h2-3,5-6,9,15-17H,1H2,(H,10,11,13,18)/t3-,5+,6-,9-/m0/s1. The molecular formula is C9H11N5O5. The Balaban J connectivity index is 2.01. The highest BCUT2D eigenvalue weighted by atomic mass is 16.6. The van der Waals surface area contributed by atoms with E-state index < -0.39 is 36.7 Å². The highest BCUT2D eigenvalue weighted by Gasteiger charge is 2.44. The van der Waals surface area contributed by atoms with Gasteiger partial charge in [0.05, 0.1) is 12.9 Å². The highest BCUT2D eigenvalue weighted by Crippen LogP contribution is 2.28. The molecule has 0 spiro atoms. The van der Waals surface area contributed by atoms with Crippen LogP contribution in [-0.4, -0.2) is 65.2 Å². The summed E-state index contributed by atoms with van der Waals surface area (Å²) in [5, 5.41) is 36.2. The van der Waals surface area contributed by atoms with E-state index in [1.165, 1.54) is 6.33 Å². The van der Waals surface area contributed by atoms with Crippen molar-refractivity contribution in [2.75, 3.05) is 6.61 Å². The number of fused-ring (bicyclic) bond motifs is 1. The lowest BCUT2D eigenvalue weighted by atomic mass is 10.1. The molecule has 0 aromatic carbocycles. The van der Waals surface area contributed by atoms with Gasteiger partial charge in [0, 0.05) is 0 Å². The Morgan fingerprint density at radius 3 is 2.79 bits per heavy atom. The van der Waals surface area contributed by atoms with Crippen LogP contribution < -0.4 is 5.56 Å². The summed E-state index contributed by atoms with van der Waals surface area (Å²) < 4.78 is 5.24. The van der Waals surface area contributed by atoms with Crippen molar-refractivity contribution in [1.82, 2.24) is 25.0 Å². The molecular weight excluding hydrogens is 258 g/mol.